The van der Waals surface area contributed by atoms with Gasteiger partial charge in [-0.2, -0.15) is 0 Å². The Morgan fingerprint density at radius 1 is 1.24 bits per heavy atom. The second-order valence-electron chi connectivity index (χ2n) is 8.17. The molecular weight excluding hydrogens is 482 g/mol. The zero-order valence-electron chi connectivity index (χ0n) is 18.3. The highest BCUT2D eigenvalue weighted by Crippen LogP contribution is 2.52. The van der Waals surface area contributed by atoms with Crippen molar-refractivity contribution in [1.29, 1.82) is 0 Å². The highest BCUT2D eigenvalue weighted by atomic mass is 32.2. The van der Waals surface area contributed by atoms with Gasteiger partial charge in [0.2, 0.25) is 17.7 Å². The molecule has 0 spiro atoms. The van der Waals surface area contributed by atoms with Crippen LogP contribution in [0.3, 0.4) is 0 Å². The number of thioether (sulfide) groups is 1. The summed E-state index contributed by atoms with van der Waals surface area (Å²) in [7, 11) is 0. The minimum atomic E-state index is -0.729. The van der Waals surface area contributed by atoms with Gasteiger partial charge < -0.3 is 19.5 Å². The van der Waals surface area contributed by atoms with Gasteiger partial charge in [0.1, 0.15) is 11.8 Å². The number of ether oxygens (including phenoxy) is 2. The fourth-order valence-electron chi connectivity index (χ4n) is 4.58. The maximum Gasteiger partial charge on any atom is 0.308 e. The third-order valence-electron chi connectivity index (χ3n) is 6.19. The molecule has 1 aromatic heterocycles. The number of thiazole rings is 1. The molecule has 3 amide bonds. The third-order valence-corrected chi connectivity index (χ3v) is 8.80. The molecule has 3 aliphatic rings. The van der Waals surface area contributed by atoms with Crippen LogP contribution in [-0.2, 0) is 25.7 Å². The lowest BCUT2D eigenvalue weighted by molar-refractivity contribution is -0.136. The van der Waals surface area contributed by atoms with Crippen molar-refractivity contribution in [2.24, 2.45) is 5.92 Å². The predicted octanol–water partition coefficient (Wildman–Crippen LogP) is 0.752. The van der Waals surface area contributed by atoms with E-state index in [9.17, 15) is 24.3 Å². The fraction of sp³-hybridized carbons (Fsp3) is 0.455. The summed E-state index contributed by atoms with van der Waals surface area (Å²) in [6, 6.07) is 4.79. The Morgan fingerprint density at radius 3 is 2.74 bits per heavy atom. The van der Waals surface area contributed by atoms with Crippen LogP contribution >= 0.6 is 23.1 Å². The van der Waals surface area contributed by atoms with E-state index in [0.29, 0.717) is 48.4 Å². The Kier molecular flexibility index (Phi) is 6.13. The van der Waals surface area contributed by atoms with Crippen LogP contribution in [0.5, 0.6) is 11.5 Å². The van der Waals surface area contributed by atoms with Crippen molar-refractivity contribution < 1.29 is 29.0 Å². The number of aromatic nitrogens is 1. The van der Waals surface area contributed by atoms with Gasteiger partial charge in [0, 0.05) is 23.9 Å². The van der Waals surface area contributed by atoms with Crippen molar-refractivity contribution in [3.05, 3.63) is 38.3 Å². The number of nitrogens with one attached hydrogen (secondary N) is 1. The minimum absolute atomic E-state index is 0.0404. The van der Waals surface area contributed by atoms with Crippen molar-refractivity contribution >= 4 is 40.8 Å². The molecule has 34 heavy (non-hydrogen) atoms. The SMILES string of the molecule is CCOc1cc(C2c3sc(=O)n(CC(=O)N4CCOCC4)c3SC3C(=O)NC(=O)C32)ccc1O. The van der Waals surface area contributed by atoms with Crippen LogP contribution in [-0.4, -0.2) is 70.5 Å². The summed E-state index contributed by atoms with van der Waals surface area (Å²) in [6.07, 6.45) is 0. The van der Waals surface area contributed by atoms with E-state index in [0.717, 1.165) is 23.1 Å². The molecule has 10 nitrogen and oxygen atoms in total. The molecule has 2 saturated heterocycles. The Balaban J connectivity index is 1.58. The Labute approximate surface area is 202 Å². The normalized spacial score (nSPS) is 23.9. The molecule has 3 atom stereocenters. The molecule has 2 fully saturated rings. The number of carbonyl (C=O) groups excluding carboxylic acids is 3. The molecule has 2 N–H and O–H groups in total. The van der Waals surface area contributed by atoms with Gasteiger partial charge in [0.05, 0.1) is 30.8 Å². The number of benzene rings is 1. The monoisotopic (exact) mass is 505 g/mol. The molecule has 0 radical (unpaired) electrons. The number of fused-ring (bicyclic) bond motifs is 2. The highest BCUT2D eigenvalue weighted by Gasteiger charge is 2.53. The molecule has 3 unspecified atom stereocenters. The van der Waals surface area contributed by atoms with Crippen LogP contribution in [0.15, 0.2) is 28.0 Å². The van der Waals surface area contributed by atoms with Gasteiger partial charge in [-0.3, -0.25) is 29.1 Å². The van der Waals surface area contributed by atoms with Gasteiger partial charge in [0.25, 0.3) is 0 Å². The van der Waals surface area contributed by atoms with E-state index in [1.165, 1.54) is 10.6 Å². The lowest BCUT2D eigenvalue weighted by Gasteiger charge is -2.31. The molecule has 2 aromatic rings. The number of morpholine rings is 1. The number of hydrogen-bond donors (Lipinski definition) is 2. The third kappa shape index (κ3) is 3.89. The zero-order chi connectivity index (χ0) is 24.0. The van der Waals surface area contributed by atoms with E-state index in [-0.39, 0.29) is 28.8 Å². The molecule has 5 rings (SSSR count). The van der Waals surface area contributed by atoms with E-state index < -0.39 is 28.9 Å². The van der Waals surface area contributed by atoms with Crippen LogP contribution in [0.25, 0.3) is 0 Å². The topological polar surface area (TPSA) is 127 Å². The number of nitrogens with zero attached hydrogens (tertiary/aromatic N) is 2. The van der Waals surface area contributed by atoms with Crippen molar-refractivity contribution in [1.82, 2.24) is 14.8 Å². The summed E-state index contributed by atoms with van der Waals surface area (Å²) in [5.41, 5.74) is 0.649. The number of aromatic hydroxyl groups is 1. The zero-order valence-corrected chi connectivity index (χ0v) is 19.9. The summed E-state index contributed by atoms with van der Waals surface area (Å²) in [4.78, 5) is 53.3. The lowest BCUT2D eigenvalue weighted by Crippen LogP contribution is -2.43. The summed E-state index contributed by atoms with van der Waals surface area (Å²) < 4.78 is 12.2. The van der Waals surface area contributed by atoms with Crippen molar-refractivity contribution in [2.45, 2.75) is 29.7 Å². The Morgan fingerprint density at radius 2 is 2.00 bits per heavy atom. The molecule has 180 valence electrons. The lowest BCUT2D eigenvalue weighted by atomic mass is 9.83. The average molecular weight is 506 g/mol. The molecule has 4 heterocycles. The number of hydrogen-bond acceptors (Lipinski definition) is 9. The van der Waals surface area contributed by atoms with E-state index in [4.69, 9.17) is 9.47 Å². The highest BCUT2D eigenvalue weighted by molar-refractivity contribution is 8.00. The van der Waals surface area contributed by atoms with Crippen LogP contribution < -0.4 is 14.9 Å². The number of amides is 3. The first-order valence-electron chi connectivity index (χ1n) is 10.9. The average Bonchev–Trinajstić information content (AvgIpc) is 3.29. The summed E-state index contributed by atoms with van der Waals surface area (Å²) in [6.45, 7) is 3.81. The summed E-state index contributed by atoms with van der Waals surface area (Å²) in [5.74, 6) is -2.10. The number of rotatable bonds is 5. The van der Waals surface area contributed by atoms with E-state index in [2.05, 4.69) is 5.32 Å². The van der Waals surface area contributed by atoms with Gasteiger partial charge in [-0.15, -0.1) is 0 Å². The van der Waals surface area contributed by atoms with Gasteiger partial charge in [0.15, 0.2) is 11.5 Å². The second-order valence-corrected chi connectivity index (χ2v) is 10.3. The van der Waals surface area contributed by atoms with Crippen molar-refractivity contribution in [3.63, 3.8) is 0 Å². The number of phenolic OH excluding ortho intramolecular Hbond substituents is 1. The van der Waals surface area contributed by atoms with Crippen molar-refractivity contribution in [2.75, 3.05) is 32.9 Å². The Hall–Kier alpha value is -2.83. The van der Waals surface area contributed by atoms with Crippen LogP contribution in [0, 0.1) is 5.92 Å². The van der Waals surface area contributed by atoms with Crippen molar-refractivity contribution in [3.8, 4) is 11.5 Å². The standard InChI is InChI=1S/C22H23N3O7S2/c1-2-32-13-9-11(3-4-12(13)26)15-16-17(20(29)23-19(16)28)33-21-18(15)34-22(30)25(21)10-14(27)24-5-7-31-8-6-24/h3-4,9,15-17,26H,2,5-8,10H2,1H3,(H,23,28,29). The smallest absolute Gasteiger partial charge is 0.308 e. The molecule has 1 aromatic carbocycles. The largest absolute Gasteiger partial charge is 0.504 e. The van der Waals surface area contributed by atoms with E-state index in [1.807, 2.05) is 0 Å². The Bertz CT molecular complexity index is 1220. The van der Waals surface area contributed by atoms with Gasteiger partial charge in [-0.1, -0.05) is 29.2 Å². The molecule has 12 heteroatoms. The quantitative estimate of drug-likeness (QED) is 0.570. The molecule has 0 aliphatic carbocycles. The molecule has 0 saturated carbocycles. The second kappa shape index (κ2) is 9.08. The number of carbonyl (C=O) groups is 3. The van der Waals surface area contributed by atoms with Gasteiger partial charge >= 0.3 is 4.87 Å². The molecular formula is C22H23N3O7S2. The number of phenols is 1. The first-order chi connectivity index (χ1) is 16.4. The van der Waals surface area contributed by atoms with Gasteiger partial charge in [-0.25, -0.2) is 0 Å². The van der Waals surface area contributed by atoms with Crippen LogP contribution in [0.1, 0.15) is 23.3 Å². The van der Waals surface area contributed by atoms with Crippen LogP contribution in [0.2, 0.25) is 0 Å². The summed E-state index contributed by atoms with van der Waals surface area (Å²) in [5, 5.41) is 12.4. The maximum absolute atomic E-state index is 13.0. The van der Waals surface area contributed by atoms with E-state index in [1.54, 1.807) is 24.0 Å². The minimum Gasteiger partial charge on any atom is -0.504 e. The summed E-state index contributed by atoms with van der Waals surface area (Å²) >= 11 is 2.14. The fourth-order valence-corrected chi connectivity index (χ4v) is 7.32. The van der Waals surface area contributed by atoms with E-state index >= 15 is 0 Å². The maximum atomic E-state index is 13.0. The first kappa shape index (κ1) is 22.9. The molecule has 3 aliphatic heterocycles. The molecule has 0 bridgehead atoms. The van der Waals surface area contributed by atoms with Crippen LogP contribution in [0.4, 0.5) is 0 Å². The first-order valence-corrected chi connectivity index (χ1v) is 12.6. The predicted molar refractivity (Wildman–Crippen MR) is 123 cm³/mol. The number of imide groups is 1. The van der Waals surface area contributed by atoms with Gasteiger partial charge in [-0.05, 0) is 24.6 Å².